The third-order valence-electron chi connectivity index (χ3n) is 8.87. The van der Waals surface area contributed by atoms with E-state index in [4.69, 9.17) is 18.6 Å². The highest BCUT2D eigenvalue weighted by Gasteiger charge is 2.56. The molecule has 3 aromatic rings. The average molecular weight is 631 g/mol. The summed E-state index contributed by atoms with van der Waals surface area (Å²) in [6.07, 6.45) is 6.82. The van der Waals surface area contributed by atoms with E-state index in [9.17, 15) is 15.0 Å². The first-order valence-corrected chi connectivity index (χ1v) is 18.0. The number of unbranched alkanes of at least 4 members (excludes halogenated alkanes) is 2. The maximum absolute atomic E-state index is 11.2. The Morgan fingerprint density at radius 3 is 2.24 bits per heavy atom. The van der Waals surface area contributed by atoms with E-state index in [0.717, 1.165) is 19.3 Å². The lowest BCUT2D eigenvalue weighted by Gasteiger charge is -2.45. The van der Waals surface area contributed by atoms with Crippen LogP contribution in [0, 0.1) is 5.92 Å². The van der Waals surface area contributed by atoms with Crippen LogP contribution in [0.3, 0.4) is 0 Å². The summed E-state index contributed by atoms with van der Waals surface area (Å²) < 4.78 is 26.4. The van der Waals surface area contributed by atoms with Gasteiger partial charge in [0.1, 0.15) is 12.2 Å². The minimum absolute atomic E-state index is 0.200. The standard InChI is InChI=1S/C37H46O7Si/c1-5-6-9-15-26(38)22-23-29-32(24-33-35(29)42-31-21-14-20-30(36(31)43-33)41-25-34(39)40)44-45(37(2,3)4,27-16-10-7-11-17-27)28-18-12-8-13-19-28/h7-8,10-14,16-23,26,29,32-33,35,38H,5-6,9,15,24-25H2,1-4H3,(H,39,40)/t26-,29+,32-,33+,35-/m1/s1. The fraction of sp³-hybridized carbons (Fsp3) is 0.432. The smallest absolute Gasteiger partial charge is 0.341 e. The van der Waals surface area contributed by atoms with Gasteiger partial charge >= 0.3 is 5.97 Å². The Balaban J connectivity index is 1.54. The number of para-hydroxylation sites is 1. The number of aliphatic hydroxyl groups is 1. The van der Waals surface area contributed by atoms with Crippen LogP contribution < -0.4 is 24.6 Å². The molecule has 1 aliphatic heterocycles. The first-order valence-electron chi connectivity index (χ1n) is 16.1. The zero-order chi connectivity index (χ0) is 32.0. The molecule has 7 nitrogen and oxygen atoms in total. The van der Waals surface area contributed by atoms with Gasteiger partial charge in [-0.3, -0.25) is 0 Å². The molecule has 45 heavy (non-hydrogen) atoms. The highest BCUT2D eigenvalue weighted by molar-refractivity contribution is 6.99. The van der Waals surface area contributed by atoms with E-state index in [2.05, 4.69) is 82.3 Å². The van der Waals surface area contributed by atoms with Crippen LogP contribution in [-0.4, -0.2) is 55.5 Å². The minimum atomic E-state index is -2.92. The highest BCUT2D eigenvalue weighted by atomic mass is 28.4. The maximum atomic E-state index is 11.2. The SMILES string of the molecule is CCCCC[C@@H](O)C=C[C@@H]1[C@H]2Oc3cccc(OCC(=O)O)c3O[C@H]2C[C@H]1O[Si](c1ccccc1)(c1ccccc1)C(C)(C)C. The van der Waals surface area contributed by atoms with Crippen molar-refractivity contribution in [1.82, 2.24) is 0 Å². The second-order valence-corrected chi connectivity index (χ2v) is 17.3. The molecule has 0 bridgehead atoms. The van der Waals surface area contributed by atoms with Crippen LogP contribution in [-0.2, 0) is 9.22 Å². The summed E-state index contributed by atoms with van der Waals surface area (Å²) >= 11 is 0. The number of hydrogen-bond donors (Lipinski definition) is 2. The number of benzene rings is 3. The number of rotatable bonds is 13. The topological polar surface area (TPSA) is 94.5 Å². The third kappa shape index (κ3) is 7.13. The van der Waals surface area contributed by atoms with Gasteiger partial charge in [0.2, 0.25) is 5.75 Å². The quantitative estimate of drug-likeness (QED) is 0.134. The molecule has 8 heteroatoms. The molecule has 5 rings (SSSR count). The van der Waals surface area contributed by atoms with Crippen LogP contribution in [0.4, 0.5) is 0 Å². The summed E-state index contributed by atoms with van der Waals surface area (Å²) in [4.78, 5) is 11.2. The van der Waals surface area contributed by atoms with Gasteiger partial charge in [-0.15, -0.1) is 0 Å². The maximum Gasteiger partial charge on any atom is 0.341 e. The fourth-order valence-electron chi connectivity index (χ4n) is 6.74. The van der Waals surface area contributed by atoms with Crippen molar-refractivity contribution < 1.29 is 33.6 Å². The number of aliphatic carboxylic acids is 1. The number of aliphatic hydroxyl groups excluding tert-OH is 1. The summed E-state index contributed by atoms with van der Waals surface area (Å²) in [5.74, 6) is -0.0116. The van der Waals surface area contributed by atoms with E-state index in [1.165, 1.54) is 10.4 Å². The molecule has 0 saturated heterocycles. The molecule has 3 aromatic carbocycles. The zero-order valence-electron chi connectivity index (χ0n) is 26.7. The lowest BCUT2D eigenvalue weighted by atomic mass is 10.00. The normalized spacial score (nSPS) is 21.8. The molecule has 240 valence electrons. The molecular formula is C37H46O7Si. The average Bonchev–Trinajstić information content (AvgIpc) is 3.36. The second kappa shape index (κ2) is 14.2. The van der Waals surface area contributed by atoms with Gasteiger partial charge < -0.3 is 28.8 Å². The van der Waals surface area contributed by atoms with Crippen molar-refractivity contribution in [3.63, 3.8) is 0 Å². The van der Waals surface area contributed by atoms with E-state index in [1.807, 2.05) is 24.3 Å². The van der Waals surface area contributed by atoms with E-state index in [0.29, 0.717) is 30.1 Å². The van der Waals surface area contributed by atoms with Crippen LogP contribution in [0.2, 0.25) is 5.04 Å². The van der Waals surface area contributed by atoms with Gasteiger partial charge in [-0.2, -0.15) is 0 Å². The van der Waals surface area contributed by atoms with Crippen molar-refractivity contribution in [2.45, 2.75) is 89.3 Å². The van der Waals surface area contributed by atoms with E-state index >= 15 is 0 Å². The van der Waals surface area contributed by atoms with Gasteiger partial charge in [-0.05, 0) is 34.0 Å². The van der Waals surface area contributed by atoms with Gasteiger partial charge in [-0.1, -0.05) is 126 Å². The fourth-order valence-corrected chi connectivity index (χ4v) is 11.5. The first-order chi connectivity index (χ1) is 21.6. The molecule has 0 amide bonds. The van der Waals surface area contributed by atoms with Crippen molar-refractivity contribution in [3.8, 4) is 17.2 Å². The lowest BCUT2D eigenvalue weighted by molar-refractivity contribution is -0.139. The van der Waals surface area contributed by atoms with Crippen LogP contribution in [0.5, 0.6) is 17.2 Å². The monoisotopic (exact) mass is 630 g/mol. The van der Waals surface area contributed by atoms with E-state index < -0.39 is 27.0 Å². The Morgan fingerprint density at radius 2 is 1.64 bits per heavy atom. The van der Waals surface area contributed by atoms with Crippen molar-refractivity contribution in [2.24, 2.45) is 5.92 Å². The third-order valence-corrected chi connectivity index (χ3v) is 13.9. The summed E-state index contributed by atoms with van der Waals surface area (Å²) in [7, 11) is -2.92. The molecule has 5 atom stereocenters. The summed E-state index contributed by atoms with van der Waals surface area (Å²) in [5, 5.41) is 22.2. The predicted molar refractivity (Wildman–Crippen MR) is 178 cm³/mol. The molecule has 0 unspecified atom stereocenters. The Morgan fingerprint density at radius 1 is 0.978 bits per heavy atom. The Kier molecular flexibility index (Phi) is 10.4. The molecular weight excluding hydrogens is 584 g/mol. The molecule has 1 heterocycles. The lowest BCUT2D eigenvalue weighted by Crippen LogP contribution is -2.68. The second-order valence-electron chi connectivity index (χ2n) is 13.1. The minimum Gasteiger partial charge on any atom is -0.482 e. The molecule has 1 saturated carbocycles. The van der Waals surface area contributed by atoms with Gasteiger partial charge in [0.15, 0.2) is 18.1 Å². The van der Waals surface area contributed by atoms with E-state index in [1.54, 1.807) is 12.1 Å². The van der Waals surface area contributed by atoms with Gasteiger partial charge in [-0.25, -0.2) is 4.79 Å². The van der Waals surface area contributed by atoms with Crippen LogP contribution in [0.25, 0.3) is 0 Å². The molecule has 0 spiro atoms. The molecule has 2 N–H and O–H groups in total. The zero-order valence-corrected chi connectivity index (χ0v) is 27.7. The van der Waals surface area contributed by atoms with Gasteiger partial charge in [0.05, 0.1) is 12.2 Å². The number of carbonyl (C=O) groups is 1. The number of hydrogen-bond acceptors (Lipinski definition) is 6. The highest BCUT2D eigenvalue weighted by Crippen LogP contribution is 2.49. The van der Waals surface area contributed by atoms with Crippen LogP contribution >= 0.6 is 0 Å². The Labute approximate surface area is 267 Å². The molecule has 0 radical (unpaired) electrons. The van der Waals surface area contributed by atoms with Crippen molar-refractivity contribution in [2.75, 3.05) is 6.61 Å². The Hall–Kier alpha value is -3.59. The van der Waals surface area contributed by atoms with Gasteiger partial charge in [0, 0.05) is 12.3 Å². The number of fused-ring (bicyclic) bond motifs is 2. The molecule has 2 aliphatic rings. The Bertz CT molecular complexity index is 1400. The molecule has 0 aromatic heterocycles. The predicted octanol–water partition coefficient (Wildman–Crippen LogP) is 6.12. The first kappa shape index (κ1) is 32.8. The summed E-state index contributed by atoms with van der Waals surface area (Å²) in [6.45, 7) is 8.47. The van der Waals surface area contributed by atoms with Gasteiger partial charge in [0.25, 0.3) is 8.32 Å². The van der Waals surface area contributed by atoms with E-state index in [-0.39, 0.29) is 29.3 Å². The van der Waals surface area contributed by atoms with Crippen molar-refractivity contribution in [1.29, 1.82) is 0 Å². The number of carboxylic acid groups (broad SMARTS) is 1. The van der Waals surface area contributed by atoms with Crippen LogP contribution in [0.15, 0.2) is 91.0 Å². The number of carboxylic acids is 1. The number of ether oxygens (including phenoxy) is 3. The summed E-state index contributed by atoms with van der Waals surface area (Å²) in [5.41, 5.74) is 0. The largest absolute Gasteiger partial charge is 0.482 e. The summed E-state index contributed by atoms with van der Waals surface area (Å²) in [6, 6.07) is 26.4. The van der Waals surface area contributed by atoms with Crippen molar-refractivity contribution >= 4 is 24.7 Å². The molecule has 1 fully saturated rings. The molecule has 1 aliphatic carbocycles. The van der Waals surface area contributed by atoms with Crippen molar-refractivity contribution in [3.05, 3.63) is 91.0 Å². The van der Waals surface area contributed by atoms with Crippen LogP contribution in [0.1, 0.15) is 59.8 Å².